The average molecular weight is 156 g/mol. The highest BCUT2D eigenvalue weighted by Gasteiger charge is 2.35. The summed E-state index contributed by atoms with van der Waals surface area (Å²) in [6.45, 7) is 1.37. The molecule has 1 spiro atoms. The molecule has 1 saturated carbocycles. The van der Waals surface area contributed by atoms with Gasteiger partial charge in [0, 0.05) is 0 Å². The normalized spacial score (nSPS) is 30.5. The summed E-state index contributed by atoms with van der Waals surface area (Å²) in [6, 6.07) is 0. The fraction of sp³-hybridized carbons (Fsp3) is 1.00. The van der Waals surface area contributed by atoms with Crippen molar-refractivity contribution in [2.45, 2.75) is 44.1 Å². The summed E-state index contributed by atoms with van der Waals surface area (Å²) in [5.74, 6) is 0. The number of rotatable bonds is 0. The van der Waals surface area contributed by atoms with Crippen molar-refractivity contribution in [2.24, 2.45) is 0 Å². The third kappa shape index (κ3) is 1.57. The lowest BCUT2D eigenvalue weighted by Gasteiger charge is -2.23. The van der Waals surface area contributed by atoms with Crippen LogP contribution in [0.4, 0.5) is 0 Å². The van der Waals surface area contributed by atoms with Crippen LogP contribution in [0.25, 0.3) is 0 Å². The third-order valence-corrected chi connectivity index (χ3v) is 2.83. The Hall–Kier alpha value is -0.0800. The van der Waals surface area contributed by atoms with Crippen molar-refractivity contribution in [3.8, 4) is 0 Å². The van der Waals surface area contributed by atoms with E-state index in [2.05, 4.69) is 0 Å². The van der Waals surface area contributed by atoms with Crippen molar-refractivity contribution in [1.82, 2.24) is 0 Å². The molecule has 0 radical (unpaired) electrons. The SMILES string of the molecule is C1CCCC2(CC1)COCO2. The van der Waals surface area contributed by atoms with Crippen LogP contribution in [-0.4, -0.2) is 19.0 Å². The summed E-state index contributed by atoms with van der Waals surface area (Å²) in [5.41, 5.74) is 0.135. The van der Waals surface area contributed by atoms with Gasteiger partial charge in [0.05, 0.1) is 12.2 Å². The van der Waals surface area contributed by atoms with Crippen molar-refractivity contribution in [1.29, 1.82) is 0 Å². The number of hydrogen-bond donors (Lipinski definition) is 0. The van der Waals surface area contributed by atoms with Crippen LogP contribution in [0.3, 0.4) is 0 Å². The predicted molar refractivity (Wildman–Crippen MR) is 42.3 cm³/mol. The van der Waals surface area contributed by atoms with Gasteiger partial charge in [-0.2, -0.15) is 0 Å². The first-order chi connectivity index (χ1) is 5.41. The van der Waals surface area contributed by atoms with E-state index in [1.165, 1.54) is 38.5 Å². The summed E-state index contributed by atoms with van der Waals surface area (Å²) in [5, 5.41) is 0. The molecule has 2 heteroatoms. The van der Waals surface area contributed by atoms with E-state index < -0.39 is 0 Å². The topological polar surface area (TPSA) is 18.5 Å². The van der Waals surface area contributed by atoms with Gasteiger partial charge < -0.3 is 9.47 Å². The highest BCUT2D eigenvalue weighted by atomic mass is 16.7. The lowest BCUT2D eigenvalue weighted by molar-refractivity contribution is -0.0170. The van der Waals surface area contributed by atoms with Crippen molar-refractivity contribution >= 4 is 0 Å². The molecule has 2 fully saturated rings. The van der Waals surface area contributed by atoms with Gasteiger partial charge in [-0.3, -0.25) is 0 Å². The molecule has 0 atom stereocenters. The summed E-state index contributed by atoms with van der Waals surface area (Å²) in [4.78, 5) is 0. The van der Waals surface area contributed by atoms with E-state index in [9.17, 15) is 0 Å². The van der Waals surface area contributed by atoms with Gasteiger partial charge in [-0.15, -0.1) is 0 Å². The van der Waals surface area contributed by atoms with Gasteiger partial charge in [-0.25, -0.2) is 0 Å². The lowest BCUT2D eigenvalue weighted by atomic mass is 9.96. The Morgan fingerprint density at radius 1 is 0.909 bits per heavy atom. The van der Waals surface area contributed by atoms with Crippen molar-refractivity contribution in [3.05, 3.63) is 0 Å². The monoisotopic (exact) mass is 156 g/mol. The van der Waals surface area contributed by atoms with E-state index in [4.69, 9.17) is 9.47 Å². The number of ether oxygens (including phenoxy) is 2. The summed E-state index contributed by atoms with van der Waals surface area (Å²) in [6.07, 6.45) is 7.84. The fourth-order valence-corrected chi connectivity index (χ4v) is 2.10. The maximum Gasteiger partial charge on any atom is 0.147 e. The average Bonchev–Trinajstić information content (AvgIpc) is 2.32. The molecule has 0 aromatic carbocycles. The fourth-order valence-electron chi connectivity index (χ4n) is 2.10. The lowest BCUT2D eigenvalue weighted by Crippen LogP contribution is -2.30. The Labute approximate surface area is 67.9 Å². The molecule has 1 aliphatic heterocycles. The third-order valence-electron chi connectivity index (χ3n) is 2.83. The first kappa shape index (κ1) is 7.56. The molecule has 1 heterocycles. The standard InChI is InChI=1S/C9H16O2/c1-2-4-6-9(5-3-1)7-10-8-11-9/h1-8H2. The Kier molecular flexibility index (Phi) is 2.14. The Morgan fingerprint density at radius 2 is 1.64 bits per heavy atom. The van der Waals surface area contributed by atoms with E-state index in [1.54, 1.807) is 0 Å². The van der Waals surface area contributed by atoms with Crippen LogP contribution in [0.2, 0.25) is 0 Å². The zero-order valence-electron chi connectivity index (χ0n) is 6.97. The first-order valence-electron chi connectivity index (χ1n) is 4.63. The Balaban J connectivity index is 1.97. The molecule has 2 aliphatic rings. The molecule has 11 heavy (non-hydrogen) atoms. The summed E-state index contributed by atoms with van der Waals surface area (Å²) < 4.78 is 10.9. The van der Waals surface area contributed by atoms with Crippen LogP contribution in [0, 0.1) is 0 Å². The van der Waals surface area contributed by atoms with Crippen LogP contribution < -0.4 is 0 Å². The zero-order valence-corrected chi connectivity index (χ0v) is 6.97. The Bertz CT molecular complexity index is 118. The molecule has 0 unspecified atom stereocenters. The van der Waals surface area contributed by atoms with Crippen molar-refractivity contribution in [3.63, 3.8) is 0 Å². The van der Waals surface area contributed by atoms with Gasteiger partial charge in [0.1, 0.15) is 6.79 Å². The second kappa shape index (κ2) is 3.11. The molecular formula is C9H16O2. The molecule has 0 bridgehead atoms. The Morgan fingerprint density at radius 3 is 2.18 bits per heavy atom. The first-order valence-corrected chi connectivity index (χ1v) is 4.63. The van der Waals surface area contributed by atoms with E-state index in [-0.39, 0.29) is 5.60 Å². The molecule has 0 aromatic rings. The largest absolute Gasteiger partial charge is 0.352 e. The van der Waals surface area contributed by atoms with Gasteiger partial charge in [0.25, 0.3) is 0 Å². The minimum atomic E-state index is 0.135. The molecule has 64 valence electrons. The molecule has 0 N–H and O–H groups in total. The molecule has 2 nitrogen and oxygen atoms in total. The minimum Gasteiger partial charge on any atom is -0.352 e. The molecule has 0 aromatic heterocycles. The smallest absolute Gasteiger partial charge is 0.147 e. The van der Waals surface area contributed by atoms with Crippen molar-refractivity contribution < 1.29 is 9.47 Å². The second-order valence-electron chi connectivity index (χ2n) is 3.71. The van der Waals surface area contributed by atoms with E-state index in [0.717, 1.165) is 6.61 Å². The van der Waals surface area contributed by atoms with Gasteiger partial charge in [0.15, 0.2) is 0 Å². The van der Waals surface area contributed by atoms with E-state index in [1.807, 2.05) is 0 Å². The van der Waals surface area contributed by atoms with Gasteiger partial charge in [-0.1, -0.05) is 25.7 Å². The zero-order chi connectivity index (χ0) is 7.57. The van der Waals surface area contributed by atoms with Gasteiger partial charge in [0.2, 0.25) is 0 Å². The van der Waals surface area contributed by atoms with E-state index in [0.29, 0.717) is 6.79 Å². The maximum absolute atomic E-state index is 5.64. The number of hydrogen-bond acceptors (Lipinski definition) is 2. The van der Waals surface area contributed by atoms with E-state index >= 15 is 0 Å². The summed E-state index contributed by atoms with van der Waals surface area (Å²) in [7, 11) is 0. The molecule has 2 rings (SSSR count). The van der Waals surface area contributed by atoms with Gasteiger partial charge >= 0.3 is 0 Å². The second-order valence-corrected chi connectivity index (χ2v) is 3.71. The molecule has 0 amide bonds. The van der Waals surface area contributed by atoms with Crippen LogP contribution in [-0.2, 0) is 9.47 Å². The minimum absolute atomic E-state index is 0.135. The predicted octanol–water partition coefficient (Wildman–Crippen LogP) is 2.08. The maximum atomic E-state index is 5.64. The highest BCUT2D eigenvalue weighted by molar-refractivity contribution is 4.84. The molecule has 1 saturated heterocycles. The van der Waals surface area contributed by atoms with Crippen molar-refractivity contribution in [2.75, 3.05) is 13.4 Å². The van der Waals surface area contributed by atoms with Crippen LogP contribution in [0.15, 0.2) is 0 Å². The molecule has 1 aliphatic carbocycles. The summed E-state index contributed by atoms with van der Waals surface area (Å²) >= 11 is 0. The molecular weight excluding hydrogens is 140 g/mol. The van der Waals surface area contributed by atoms with Crippen LogP contribution in [0.1, 0.15) is 38.5 Å². The van der Waals surface area contributed by atoms with Crippen LogP contribution >= 0.6 is 0 Å². The van der Waals surface area contributed by atoms with Crippen LogP contribution in [0.5, 0.6) is 0 Å². The quantitative estimate of drug-likeness (QED) is 0.534. The highest BCUT2D eigenvalue weighted by Crippen LogP contribution is 2.33. The van der Waals surface area contributed by atoms with Gasteiger partial charge in [-0.05, 0) is 12.8 Å².